The Kier molecular flexibility index (Phi) is 6.25. The van der Waals surface area contributed by atoms with E-state index in [2.05, 4.69) is 4.98 Å². The molecule has 0 fully saturated rings. The number of ether oxygens (including phenoxy) is 2. The van der Waals surface area contributed by atoms with Crippen LogP contribution in [0.2, 0.25) is 0 Å². The number of aromatic nitrogens is 1. The number of pyridine rings is 1. The van der Waals surface area contributed by atoms with E-state index >= 15 is 0 Å². The highest BCUT2D eigenvalue weighted by atomic mass is 16.5. The molecule has 2 heterocycles. The molecule has 5 heteroatoms. The van der Waals surface area contributed by atoms with Crippen LogP contribution in [0.4, 0.5) is 0 Å². The van der Waals surface area contributed by atoms with Crippen molar-refractivity contribution in [2.75, 3.05) is 7.11 Å². The van der Waals surface area contributed by atoms with Gasteiger partial charge in [-0.25, -0.2) is 0 Å². The van der Waals surface area contributed by atoms with Gasteiger partial charge in [0.2, 0.25) is 0 Å². The molecular formula is C29H26N2O3. The minimum Gasteiger partial charge on any atom is -0.493 e. The van der Waals surface area contributed by atoms with Gasteiger partial charge in [0, 0.05) is 30.4 Å². The van der Waals surface area contributed by atoms with Gasteiger partial charge in [0.15, 0.2) is 11.5 Å². The Morgan fingerprint density at radius 1 is 0.853 bits per heavy atom. The average molecular weight is 451 g/mol. The largest absolute Gasteiger partial charge is 0.493 e. The van der Waals surface area contributed by atoms with Gasteiger partial charge < -0.3 is 14.4 Å². The Labute approximate surface area is 199 Å². The fourth-order valence-corrected chi connectivity index (χ4v) is 4.43. The number of hydrogen-bond acceptors (Lipinski definition) is 4. The fraction of sp³-hybridized carbons (Fsp3) is 0.172. The highest BCUT2D eigenvalue weighted by Gasteiger charge is 2.36. The van der Waals surface area contributed by atoms with Gasteiger partial charge in [-0.05, 0) is 47.0 Å². The van der Waals surface area contributed by atoms with Crippen molar-refractivity contribution in [1.29, 1.82) is 0 Å². The standard InChI is InChI=1S/C29H26N2O3/c1-33-28-17-22(14-15-27(28)34-20-21-9-3-2-4-10-21)19-31-26(18-23-11-7-8-16-30-23)24-12-5-6-13-25(24)29(31)32/h2-17,26H,18-20H2,1H3. The van der Waals surface area contributed by atoms with Crippen LogP contribution >= 0.6 is 0 Å². The number of rotatable bonds is 8. The molecule has 170 valence electrons. The molecule has 1 amide bonds. The van der Waals surface area contributed by atoms with Crippen LogP contribution in [0.25, 0.3) is 0 Å². The van der Waals surface area contributed by atoms with Gasteiger partial charge in [-0.1, -0.05) is 60.7 Å². The third kappa shape index (κ3) is 4.50. The molecule has 0 spiro atoms. The van der Waals surface area contributed by atoms with Crippen molar-refractivity contribution in [3.63, 3.8) is 0 Å². The van der Waals surface area contributed by atoms with E-state index in [1.54, 1.807) is 13.3 Å². The van der Waals surface area contributed by atoms with Crippen molar-refractivity contribution in [2.24, 2.45) is 0 Å². The van der Waals surface area contributed by atoms with Crippen LogP contribution in [0.5, 0.6) is 11.5 Å². The third-order valence-corrected chi connectivity index (χ3v) is 6.13. The van der Waals surface area contributed by atoms with Gasteiger partial charge in [0.25, 0.3) is 5.91 Å². The average Bonchev–Trinajstić information content (AvgIpc) is 3.15. The maximum atomic E-state index is 13.3. The molecule has 0 N–H and O–H groups in total. The van der Waals surface area contributed by atoms with E-state index < -0.39 is 0 Å². The zero-order chi connectivity index (χ0) is 23.3. The minimum absolute atomic E-state index is 0.0416. The lowest BCUT2D eigenvalue weighted by atomic mass is 10.0. The maximum Gasteiger partial charge on any atom is 0.255 e. The number of nitrogens with zero attached hydrogens (tertiary/aromatic N) is 2. The van der Waals surface area contributed by atoms with Gasteiger partial charge in [-0.3, -0.25) is 9.78 Å². The van der Waals surface area contributed by atoms with Gasteiger partial charge in [0.1, 0.15) is 6.61 Å². The molecule has 3 aromatic carbocycles. The molecule has 0 bridgehead atoms. The number of benzene rings is 3. The first-order valence-corrected chi connectivity index (χ1v) is 11.4. The van der Waals surface area contributed by atoms with Crippen LogP contribution in [0.1, 0.15) is 38.8 Å². The van der Waals surface area contributed by atoms with E-state index in [9.17, 15) is 4.79 Å². The lowest BCUT2D eigenvalue weighted by Gasteiger charge is -2.26. The van der Waals surface area contributed by atoms with E-state index in [1.807, 2.05) is 95.9 Å². The zero-order valence-electron chi connectivity index (χ0n) is 19.1. The van der Waals surface area contributed by atoms with Crippen molar-refractivity contribution in [3.8, 4) is 11.5 Å². The van der Waals surface area contributed by atoms with E-state index in [0.29, 0.717) is 31.1 Å². The predicted molar refractivity (Wildman–Crippen MR) is 131 cm³/mol. The normalized spacial score (nSPS) is 14.7. The second-order valence-electron chi connectivity index (χ2n) is 8.32. The monoisotopic (exact) mass is 450 g/mol. The summed E-state index contributed by atoms with van der Waals surface area (Å²) in [4.78, 5) is 19.8. The molecule has 5 nitrogen and oxygen atoms in total. The van der Waals surface area contributed by atoms with Crippen molar-refractivity contribution in [2.45, 2.75) is 25.6 Å². The first kappa shape index (κ1) is 21.7. The number of carbonyl (C=O) groups is 1. The molecule has 1 aromatic heterocycles. The van der Waals surface area contributed by atoms with Crippen molar-refractivity contribution < 1.29 is 14.3 Å². The van der Waals surface area contributed by atoms with E-state index in [4.69, 9.17) is 9.47 Å². The minimum atomic E-state index is -0.0707. The quantitative estimate of drug-likeness (QED) is 0.350. The number of hydrogen-bond donors (Lipinski definition) is 0. The summed E-state index contributed by atoms with van der Waals surface area (Å²) >= 11 is 0. The van der Waals surface area contributed by atoms with Gasteiger partial charge in [-0.2, -0.15) is 0 Å². The molecule has 0 saturated heterocycles. The second kappa shape index (κ2) is 9.79. The summed E-state index contributed by atoms with van der Waals surface area (Å²) in [6.45, 7) is 0.933. The molecule has 0 aliphatic carbocycles. The zero-order valence-corrected chi connectivity index (χ0v) is 19.1. The number of amides is 1. The van der Waals surface area contributed by atoms with E-state index in [1.165, 1.54) is 0 Å². The molecule has 1 unspecified atom stereocenters. The SMILES string of the molecule is COc1cc(CN2C(=O)c3ccccc3C2Cc2ccccn2)ccc1OCc1ccccc1. The Morgan fingerprint density at radius 3 is 2.44 bits per heavy atom. The number of methoxy groups -OCH3 is 1. The topological polar surface area (TPSA) is 51.7 Å². The van der Waals surface area contributed by atoms with Crippen LogP contribution in [-0.4, -0.2) is 22.9 Å². The van der Waals surface area contributed by atoms with Crippen molar-refractivity contribution in [3.05, 3.63) is 125 Å². The predicted octanol–water partition coefficient (Wildman–Crippen LogP) is 5.61. The van der Waals surface area contributed by atoms with Crippen LogP contribution in [0.15, 0.2) is 97.2 Å². The molecule has 0 saturated carbocycles. The van der Waals surface area contributed by atoms with Crippen LogP contribution in [0, 0.1) is 0 Å². The Hall–Kier alpha value is -4.12. The third-order valence-electron chi connectivity index (χ3n) is 6.13. The van der Waals surface area contributed by atoms with Crippen LogP contribution in [-0.2, 0) is 19.6 Å². The first-order valence-electron chi connectivity index (χ1n) is 11.4. The summed E-state index contributed by atoms with van der Waals surface area (Å²) < 4.78 is 11.6. The summed E-state index contributed by atoms with van der Waals surface area (Å²) in [5.74, 6) is 1.37. The molecular weight excluding hydrogens is 424 g/mol. The van der Waals surface area contributed by atoms with Crippen molar-refractivity contribution >= 4 is 5.91 Å². The molecule has 34 heavy (non-hydrogen) atoms. The summed E-state index contributed by atoms with van der Waals surface area (Å²) in [5, 5.41) is 0. The highest BCUT2D eigenvalue weighted by Crippen LogP contribution is 2.38. The fourth-order valence-electron chi connectivity index (χ4n) is 4.43. The Morgan fingerprint density at radius 2 is 1.65 bits per heavy atom. The lowest BCUT2D eigenvalue weighted by Crippen LogP contribution is -2.29. The summed E-state index contributed by atoms with van der Waals surface area (Å²) in [6, 6.07) is 29.6. The summed E-state index contributed by atoms with van der Waals surface area (Å²) in [5.41, 5.74) is 4.85. The molecule has 4 aromatic rings. The van der Waals surface area contributed by atoms with E-state index in [0.717, 1.165) is 27.9 Å². The van der Waals surface area contributed by atoms with Gasteiger partial charge >= 0.3 is 0 Å². The number of carbonyl (C=O) groups excluding carboxylic acids is 1. The second-order valence-corrected chi connectivity index (χ2v) is 8.32. The Bertz CT molecular complexity index is 1280. The van der Waals surface area contributed by atoms with Gasteiger partial charge in [-0.15, -0.1) is 0 Å². The molecule has 1 aliphatic heterocycles. The molecule has 0 radical (unpaired) electrons. The van der Waals surface area contributed by atoms with Crippen LogP contribution in [0.3, 0.4) is 0 Å². The summed E-state index contributed by atoms with van der Waals surface area (Å²) in [7, 11) is 1.63. The lowest BCUT2D eigenvalue weighted by molar-refractivity contribution is 0.0708. The van der Waals surface area contributed by atoms with Crippen LogP contribution < -0.4 is 9.47 Å². The maximum absolute atomic E-state index is 13.3. The van der Waals surface area contributed by atoms with E-state index in [-0.39, 0.29) is 11.9 Å². The molecule has 1 atom stereocenters. The summed E-state index contributed by atoms with van der Waals surface area (Å²) in [6.07, 6.45) is 2.46. The molecule has 5 rings (SSSR count). The molecule has 1 aliphatic rings. The van der Waals surface area contributed by atoms with Gasteiger partial charge in [0.05, 0.1) is 13.2 Å². The smallest absolute Gasteiger partial charge is 0.255 e. The first-order chi connectivity index (χ1) is 16.7. The van der Waals surface area contributed by atoms with Crippen molar-refractivity contribution in [1.82, 2.24) is 9.88 Å². The number of fused-ring (bicyclic) bond motifs is 1. The Balaban J connectivity index is 1.38. The highest BCUT2D eigenvalue weighted by molar-refractivity contribution is 5.99.